The summed E-state index contributed by atoms with van der Waals surface area (Å²) in [7, 11) is 0. The van der Waals surface area contributed by atoms with E-state index in [4.69, 9.17) is 5.73 Å². The van der Waals surface area contributed by atoms with Gasteiger partial charge in [-0.05, 0) is 32.5 Å². The van der Waals surface area contributed by atoms with E-state index in [9.17, 15) is 9.59 Å². The van der Waals surface area contributed by atoms with Crippen LogP contribution in [0.4, 0.5) is 4.79 Å². The maximum Gasteiger partial charge on any atom is 0.318 e. The summed E-state index contributed by atoms with van der Waals surface area (Å²) in [5, 5.41) is 5.37. The minimum Gasteiger partial charge on any atom is -0.351 e. The fourth-order valence-corrected chi connectivity index (χ4v) is 2.03. The Kier molecular flexibility index (Phi) is 5.21. The Bertz CT molecular complexity index is 251. The van der Waals surface area contributed by atoms with Crippen LogP contribution >= 0.6 is 0 Å². The molecule has 1 rings (SSSR count). The molecule has 0 aromatic carbocycles. The lowest BCUT2D eigenvalue weighted by Crippen LogP contribution is -2.48. The first-order valence-electron chi connectivity index (χ1n) is 5.67. The van der Waals surface area contributed by atoms with Gasteiger partial charge in [0.2, 0.25) is 5.91 Å². The predicted octanol–water partition coefficient (Wildman–Crippen LogP) is -0.745. The number of hydrogen-bond donors (Lipinski definition) is 3. The summed E-state index contributed by atoms with van der Waals surface area (Å²) < 4.78 is 0. The van der Waals surface area contributed by atoms with Crippen molar-refractivity contribution in [2.24, 2.45) is 5.73 Å². The Hall–Kier alpha value is -1.14. The predicted molar refractivity (Wildman–Crippen MR) is 60.9 cm³/mol. The highest BCUT2D eigenvalue weighted by molar-refractivity contribution is 5.94. The number of carbonyl (C=O) groups is 2. The number of nitrogens with one attached hydrogen (secondary N) is 2. The molecule has 0 atom stereocenters. The second-order valence-electron chi connectivity index (χ2n) is 3.96. The van der Waals surface area contributed by atoms with Gasteiger partial charge in [0.25, 0.3) is 0 Å². The molecular formula is C10H20N4O2. The Morgan fingerprint density at radius 3 is 2.56 bits per heavy atom. The Balaban J connectivity index is 2.40. The zero-order valence-corrected chi connectivity index (χ0v) is 9.66. The maximum atomic E-state index is 11.4. The number of likely N-dealkylation sites (N-methyl/N-ethyl adjacent to an activating group) is 1. The highest BCUT2D eigenvalue weighted by Crippen LogP contribution is 2.10. The monoisotopic (exact) mass is 228 g/mol. The first-order chi connectivity index (χ1) is 7.63. The molecule has 0 aromatic heterocycles. The molecule has 1 saturated heterocycles. The molecule has 0 spiro atoms. The van der Waals surface area contributed by atoms with Crippen LogP contribution in [0.15, 0.2) is 0 Å². The van der Waals surface area contributed by atoms with Crippen LogP contribution in [0, 0.1) is 0 Å². The van der Waals surface area contributed by atoms with Gasteiger partial charge in [0, 0.05) is 6.04 Å². The molecule has 6 heteroatoms. The molecule has 0 radical (unpaired) electrons. The first kappa shape index (κ1) is 12.9. The number of carbonyl (C=O) groups excluding carboxylic acids is 2. The fourth-order valence-electron chi connectivity index (χ4n) is 2.03. The van der Waals surface area contributed by atoms with E-state index in [1.165, 1.54) is 0 Å². The van der Waals surface area contributed by atoms with E-state index < -0.39 is 6.03 Å². The molecule has 3 amide bonds. The van der Waals surface area contributed by atoms with Crippen molar-refractivity contribution in [2.45, 2.75) is 25.8 Å². The standard InChI is InChI=1S/C10H20N4O2/c1-2-14(7-9(15)13-10(11)16)8-3-5-12-6-4-8/h8,12H,2-7H2,1H3,(H3,11,13,15,16). The lowest BCUT2D eigenvalue weighted by Gasteiger charge is -2.33. The normalized spacial score (nSPS) is 17.4. The molecule has 1 fully saturated rings. The van der Waals surface area contributed by atoms with Crippen molar-refractivity contribution in [3.63, 3.8) is 0 Å². The average molecular weight is 228 g/mol. The quantitative estimate of drug-likeness (QED) is 0.591. The van der Waals surface area contributed by atoms with Crippen molar-refractivity contribution in [3.05, 3.63) is 0 Å². The third-order valence-electron chi connectivity index (χ3n) is 2.84. The minimum absolute atomic E-state index is 0.240. The van der Waals surface area contributed by atoms with E-state index >= 15 is 0 Å². The molecule has 0 aromatic rings. The highest BCUT2D eigenvalue weighted by Gasteiger charge is 2.21. The van der Waals surface area contributed by atoms with Gasteiger partial charge in [0.1, 0.15) is 0 Å². The topological polar surface area (TPSA) is 87.5 Å². The molecule has 6 nitrogen and oxygen atoms in total. The van der Waals surface area contributed by atoms with Crippen LogP contribution in [-0.2, 0) is 4.79 Å². The Morgan fingerprint density at radius 1 is 1.44 bits per heavy atom. The van der Waals surface area contributed by atoms with Gasteiger partial charge in [0.15, 0.2) is 0 Å². The summed E-state index contributed by atoms with van der Waals surface area (Å²) >= 11 is 0. The highest BCUT2D eigenvalue weighted by atomic mass is 16.2. The molecule has 0 saturated carbocycles. The number of urea groups is 1. The van der Waals surface area contributed by atoms with Gasteiger partial charge in [-0.25, -0.2) is 4.79 Å². The van der Waals surface area contributed by atoms with Gasteiger partial charge in [-0.2, -0.15) is 0 Å². The summed E-state index contributed by atoms with van der Waals surface area (Å²) in [4.78, 5) is 24.0. The second kappa shape index (κ2) is 6.44. The van der Waals surface area contributed by atoms with Gasteiger partial charge < -0.3 is 11.1 Å². The molecule has 0 unspecified atom stereocenters. The minimum atomic E-state index is -0.786. The average Bonchev–Trinajstić information content (AvgIpc) is 2.26. The van der Waals surface area contributed by atoms with Crippen LogP contribution in [0.1, 0.15) is 19.8 Å². The van der Waals surface area contributed by atoms with E-state index in [0.717, 1.165) is 32.5 Å². The van der Waals surface area contributed by atoms with Crippen LogP contribution < -0.4 is 16.4 Å². The summed E-state index contributed by atoms with van der Waals surface area (Å²) in [6, 6.07) is -0.365. The van der Waals surface area contributed by atoms with Crippen molar-refractivity contribution in [1.29, 1.82) is 0 Å². The SMILES string of the molecule is CCN(CC(=O)NC(N)=O)C1CCNCC1. The molecule has 1 heterocycles. The molecule has 1 aliphatic heterocycles. The van der Waals surface area contributed by atoms with Crippen molar-refractivity contribution in [2.75, 3.05) is 26.2 Å². The van der Waals surface area contributed by atoms with E-state index in [2.05, 4.69) is 15.5 Å². The van der Waals surface area contributed by atoms with E-state index in [-0.39, 0.29) is 12.5 Å². The number of nitrogens with zero attached hydrogens (tertiary/aromatic N) is 1. The van der Waals surface area contributed by atoms with Gasteiger partial charge in [0.05, 0.1) is 6.54 Å². The molecular weight excluding hydrogens is 208 g/mol. The molecule has 92 valence electrons. The van der Waals surface area contributed by atoms with E-state index in [1.807, 2.05) is 6.92 Å². The maximum absolute atomic E-state index is 11.4. The van der Waals surface area contributed by atoms with E-state index in [0.29, 0.717) is 6.04 Å². The third kappa shape index (κ3) is 4.16. The number of piperidine rings is 1. The summed E-state index contributed by atoms with van der Waals surface area (Å²) in [5.41, 5.74) is 4.89. The van der Waals surface area contributed by atoms with Crippen LogP contribution in [-0.4, -0.2) is 49.1 Å². The lowest BCUT2D eigenvalue weighted by molar-refractivity contribution is -0.121. The van der Waals surface area contributed by atoms with E-state index in [1.54, 1.807) is 0 Å². The van der Waals surface area contributed by atoms with Crippen molar-refractivity contribution in [3.8, 4) is 0 Å². The molecule has 0 bridgehead atoms. The lowest BCUT2D eigenvalue weighted by atomic mass is 10.0. The first-order valence-corrected chi connectivity index (χ1v) is 5.67. The van der Waals surface area contributed by atoms with Crippen LogP contribution in [0.3, 0.4) is 0 Å². The van der Waals surface area contributed by atoms with Crippen LogP contribution in [0.5, 0.6) is 0 Å². The number of amides is 3. The van der Waals surface area contributed by atoms with Crippen molar-refractivity contribution < 1.29 is 9.59 Å². The number of nitrogens with two attached hydrogens (primary N) is 1. The zero-order valence-electron chi connectivity index (χ0n) is 9.66. The van der Waals surface area contributed by atoms with Gasteiger partial charge in [-0.15, -0.1) is 0 Å². The fraction of sp³-hybridized carbons (Fsp3) is 0.800. The molecule has 4 N–H and O–H groups in total. The molecule has 1 aliphatic rings. The van der Waals surface area contributed by atoms with Gasteiger partial charge in [-0.3, -0.25) is 15.0 Å². The number of primary amides is 1. The van der Waals surface area contributed by atoms with Crippen LogP contribution in [0.25, 0.3) is 0 Å². The molecule has 16 heavy (non-hydrogen) atoms. The zero-order chi connectivity index (χ0) is 12.0. The smallest absolute Gasteiger partial charge is 0.318 e. The number of hydrogen-bond acceptors (Lipinski definition) is 4. The largest absolute Gasteiger partial charge is 0.351 e. The second-order valence-corrected chi connectivity index (χ2v) is 3.96. The van der Waals surface area contributed by atoms with Gasteiger partial charge >= 0.3 is 6.03 Å². The Morgan fingerprint density at radius 2 is 2.06 bits per heavy atom. The van der Waals surface area contributed by atoms with Crippen LogP contribution in [0.2, 0.25) is 0 Å². The Labute approximate surface area is 95.5 Å². The third-order valence-corrected chi connectivity index (χ3v) is 2.84. The summed E-state index contributed by atoms with van der Waals surface area (Å²) in [5.74, 6) is -0.326. The van der Waals surface area contributed by atoms with Crippen molar-refractivity contribution in [1.82, 2.24) is 15.5 Å². The van der Waals surface area contributed by atoms with Crippen molar-refractivity contribution >= 4 is 11.9 Å². The number of rotatable bonds is 4. The molecule has 0 aliphatic carbocycles. The van der Waals surface area contributed by atoms with Gasteiger partial charge in [-0.1, -0.05) is 6.92 Å². The summed E-state index contributed by atoms with van der Waals surface area (Å²) in [6.45, 7) is 5.03. The number of imide groups is 1. The summed E-state index contributed by atoms with van der Waals surface area (Å²) in [6.07, 6.45) is 2.08.